The Hall–Kier alpha value is -1.64. The number of likely N-dealkylation sites (tertiary alicyclic amines) is 1. The summed E-state index contributed by atoms with van der Waals surface area (Å²) < 4.78 is 29.8. The van der Waals surface area contributed by atoms with Gasteiger partial charge in [0.1, 0.15) is 5.75 Å². The number of nitrogens with one attached hydrogen (secondary N) is 1. The maximum atomic E-state index is 12.4. The molecule has 1 aliphatic rings. The second-order valence-corrected chi connectivity index (χ2v) is 8.46. The van der Waals surface area contributed by atoms with E-state index in [-0.39, 0.29) is 30.8 Å². The molecule has 25 heavy (non-hydrogen) atoms. The Balaban J connectivity index is 2.04. The highest BCUT2D eigenvalue weighted by molar-refractivity contribution is 7.88. The molecule has 2 rings (SSSR count). The van der Waals surface area contributed by atoms with E-state index in [0.717, 1.165) is 12.0 Å². The van der Waals surface area contributed by atoms with Gasteiger partial charge in [-0.25, -0.2) is 13.1 Å². The number of nitrogens with zero attached hydrogens (tertiary/aromatic N) is 2. The van der Waals surface area contributed by atoms with Gasteiger partial charge in [0.2, 0.25) is 15.9 Å². The molecule has 8 heteroatoms. The molecule has 1 aromatic carbocycles. The molecule has 1 aromatic rings. The predicted octanol–water partition coefficient (Wildman–Crippen LogP) is 0.491. The fourth-order valence-corrected chi connectivity index (χ4v) is 3.67. The Morgan fingerprint density at radius 1 is 1.28 bits per heavy atom. The summed E-state index contributed by atoms with van der Waals surface area (Å²) >= 11 is 0. The molecule has 0 radical (unpaired) electrons. The maximum absolute atomic E-state index is 12.4. The molecular weight excluding hydrogens is 342 g/mol. The number of amides is 1. The van der Waals surface area contributed by atoms with Gasteiger partial charge in [-0.1, -0.05) is 12.1 Å². The normalized spacial score (nSPS) is 20.9. The van der Waals surface area contributed by atoms with E-state index in [9.17, 15) is 13.2 Å². The van der Waals surface area contributed by atoms with Crippen molar-refractivity contribution in [1.29, 1.82) is 0 Å². The zero-order valence-corrected chi connectivity index (χ0v) is 16.0. The lowest BCUT2D eigenvalue weighted by molar-refractivity contribution is -0.130. The Bertz CT molecular complexity index is 688. The van der Waals surface area contributed by atoms with E-state index in [1.807, 2.05) is 43.3 Å². The summed E-state index contributed by atoms with van der Waals surface area (Å²) in [5, 5.41) is 0. The molecule has 1 amide bonds. The van der Waals surface area contributed by atoms with Crippen LogP contribution in [-0.4, -0.2) is 77.3 Å². The van der Waals surface area contributed by atoms with Gasteiger partial charge in [-0.2, -0.15) is 0 Å². The molecule has 0 saturated carbocycles. The third-order valence-electron chi connectivity index (χ3n) is 4.55. The number of carbonyl (C=O) groups excluding carboxylic acids is 1. The van der Waals surface area contributed by atoms with Crippen LogP contribution in [0.25, 0.3) is 0 Å². The number of hydrogen-bond donors (Lipinski definition) is 1. The van der Waals surface area contributed by atoms with Crippen molar-refractivity contribution >= 4 is 15.9 Å². The average Bonchev–Trinajstić information content (AvgIpc) is 2.99. The van der Waals surface area contributed by atoms with Gasteiger partial charge in [-0.15, -0.1) is 0 Å². The van der Waals surface area contributed by atoms with Gasteiger partial charge in [-0.05, 0) is 31.8 Å². The van der Waals surface area contributed by atoms with Gasteiger partial charge in [0, 0.05) is 38.0 Å². The SMILES string of the molecule is COc1ccc(C2CN(C(=O)CCNS(C)(=O)=O)CC2N(C)C)cc1. The van der Waals surface area contributed by atoms with E-state index in [2.05, 4.69) is 9.62 Å². The molecule has 140 valence electrons. The van der Waals surface area contributed by atoms with E-state index < -0.39 is 10.0 Å². The summed E-state index contributed by atoms with van der Waals surface area (Å²) in [5.74, 6) is 0.995. The summed E-state index contributed by atoms with van der Waals surface area (Å²) in [7, 11) is 2.40. The molecule has 2 atom stereocenters. The number of hydrogen-bond acceptors (Lipinski definition) is 5. The van der Waals surface area contributed by atoms with Crippen molar-refractivity contribution in [2.24, 2.45) is 0 Å². The topological polar surface area (TPSA) is 79.0 Å². The van der Waals surface area contributed by atoms with Crippen LogP contribution in [0.1, 0.15) is 17.9 Å². The molecule has 1 fully saturated rings. The number of benzene rings is 1. The molecular formula is C17H27N3O4S. The van der Waals surface area contributed by atoms with Crippen molar-refractivity contribution in [3.8, 4) is 5.75 Å². The van der Waals surface area contributed by atoms with Crippen LogP contribution in [0.4, 0.5) is 0 Å². The van der Waals surface area contributed by atoms with Crippen LogP contribution in [0.3, 0.4) is 0 Å². The fraction of sp³-hybridized carbons (Fsp3) is 0.588. The van der Waals surface area contributed by atoms with E-state index in [1.54, 1.807) is 7.11 Å². The quantitative estimate of drug-likeness (QED) is 0.757. The van der Waals surface area contributed by atoms with Crippen molar-refractivity contribution in [2.45, 2.75) is 18.4 Å². The molecule has 2 unspecified atom stereocenters. The number of sulfonamides is 1. The van der Waals surface area contributed by atoms with Crippen LogP contribution in [-0.2, 0) is 14.8 Å². The largest absolute Gasteiger partial charge is 0.497 e. The number of ether oxygens (including phenoxy) is 1. The van der Waals surface area contributed by atoms with Crippen LogP contribution < -0.4 is 9.46 Å². The zero-order chi connectivity index (χ0) is 18.6. The predicted molar refractivity (Wildman–Crippen MR) is 97.3 cm³/mol. The van der Waals surface area contributed by atoms with Crippen molar-refractivity contribution in [1.82, 2.24) is 14.5 Å². The molecule has 1 saturated heterocycles. The molecule has 1 aliphatic heterocycles. The Morgan fingerprint density at radius 3 is 2.44 bits per heavy atom. The minimum absolute atomic E-state index is 0.0287. The first-order valence-electron chi connectivity index (χ1n) is 8.24. The van der Waals surface area contributed by atoms with Crippen molar-refractivity contribution in [3.63, 3.8) is 0 Å². The van der Waals surface area contributed by atoms with Crippen molar-refractivity contribution in [3.05, 3.63) is 29.8 Å². The molecule has 0 spiro atoms. The van der Waals surface area contributed by atoms with E-state index in [4.69, 9.17) is 4.74 Å². The smallest absolute Gasteiger partial charge is 0.223 e. The lowest BCUT2D eigenvalue weighted by atomic mass is 9.93. The lowest BCUT2D eigenvalue weighted by Gasteiger charge is -2.25. The zero-order valence-electron chi connectivity index (χ0n) is 15.2. The van der Waals surface area contributed by atoms with Crippen LogP contribution in [0.5, 0.6) is 5.75 Å². The highest BCUT2D eigenvalue weighted by Gasteiger charge is 2.37. The van der Waals surface area contributed by atoms with Gasteiger partial charge in [0.25, 0.3) is 0 Å². The lowest BCUT2D eigenvalue weighted by Crippen LogP contribution is -2.36. The second kappa shape index (κ2) is 8.16. The van der Waals surface area contributed by atoms with Gasteiger partial charge in [0.05, 0.1) is 13.4 Å². The third-order valence-corrected chi connectivity index (χ3v) is 5.28. The summed E-state index contributed by atoms with van der Waals surface area (Å²) in [5.41, 5.74) is 1.17. The summed E-state index contributed by atoms with van der Waals surface area (Å²) in [6.45, 7) is 1.41. The standard InChI is InChI=1S/C17H27N3O4S/c1-19(2)16-12-20(17(21)9-10-18-25(4,22)23)11-15(16)13-5-7-14(24-3)8-6-13/h5-8,15-16,18H,9-12H2,1-4H3. The number of rotatable bonds is 7. The molecule has 0 aliphatic carbocycles. The second-order valence-electron chi connectivity index (χ2n) is 6.63. The summed E-state index contributed by atoms with van der Waals surface area (Å²) in [6, 6.07) is 8.17. The number of carbonyl (C=O) groups is 1. The third kappa shape index (κ3) is 5.42. The first kappa shape index (κ1) is 19.7. The van der Waals surface area contributed by atoms with Crippen molar-refractivity contribution < 1.29 is 17.9 Å². The van der Waals surface area contributed by atoms with Gasteiger partial charge < -0.3 is 14.5 Å². The number of likely N-dealkylation sites (N-methyl/N-ethyl adjacent to an activating group) is 1. The van der Waals surface area contributed by atoms with E-state index in [0.29, 0.717) is 13.1 Å². The molecule has 1 N–H and O–H groups in total. The van der Waals surface area contributed by atoms with E-state index >= 15 is 0 Å². The summed E-state index contributed by atoms with van der Waals surface area (Å²) in [6.07, 6.45) is 1.26. The van der Waals surface area contributed by atoms with Gasteiger partial charge >= 0.3 is 0 Å². The van der Waals surface area contributed by atoms with E-state index in [1.165, 1.54) is 5.56 Å². The van der Waals surface area contributed by atoms with Gasteiger partial charge in [0.15, 0.2) is 0 Å². The highest BCUT2D eigenvalue weighted by atomic mass is 32.2. The molecule has 7 nitrogen and oxygen atoms in total. The minimum Gasteiger partial charge on any atom is -0.497 e. The molecule has 1 heterocycles. The summed E-state index contributed by atoms with van der Waals surface area (Å²) in [4.78, 5) is 16.4. The first-order valence-corrected chi connectivity index (χ1v) is 10.1. The van der Waals surface area contributed by atoms with Crippen LogP contribution in [0.15, 0.2) is 24.3 Å². The number of methoxy groups -OCH3 is 1. The van der Waals surface area contributed by atoms with Crippen molar-refractivity contribution in [2.75, 3.05) is 47.1 Å². The highest BCUT2D eigenvalue weighted by Crippen LogP contribution is 2.31. The molecule has 0 aromatic heterocycles. The Morgan fingerprint density at radius 2 is 1.92 bits per heavy atom. The fourth-order valence-electron chi connectivity index (χ4n) is 3.19. The van der Waals surface area contributed by atoms with Gasteiger partial charge in [-0.3, -0.25) is 4.79 Å². The molecule has 0 bridgehead atoms. The average molecular weight is 369 g/mol. The minimum atomic E-state index is -3.27. The Labute approximate surface area is 150 Å². The monoisotopic (exact) mass is 369 g/mol. The van der Waals surface area contributed by atoms with Crippen LogP contribution in [0.2, 0.25) is 0 Å². The Kier molecular flexibility index (Phi) is 6.42. The van der Waals surface area contributed by atoms with Crippen LogP contribution >= 0.6 is 0 Å². The first-order chi connectivity index (χ1) is 11.7. The van der Waals surface area contributed by atoms with Crippen LogP contribution in [0, 0.1) is 0 Å². The maximum Gasteiger partial charge on any atom is 0.223 e.